The van der Waals surface area contributed by atoms with E-state index in [1.54, 1.807) is 6.20 Å². The first-order chi connectivity index (χ1) is 9.20. The van der Waals surface area contributed by atoms with Crippen molar-refractivity contribution < 1.29 is 0 Å². The molecule has 0 spiro atoms. The largest absolute Gasteiger partial charge is 0.369 e. The molecule has 5 heteroatoms. The molecular weight excluding hydrogens is 238 g/mol. The number of aromatic nitrogens is 2. The Bertz CT molecular complexity index is 553. The number of nitrogens with one attached hydrogen (secondary N) is 2. The van der Waals surface area contributed by atoms with Crippen molar-refractivity contribution in [1.82, 2.24) is 9.97 Å². The van der Waals surface area contributed by atoms with Gasteiger partial charge in [-0.15, -0.1) is 0 Å². The van der Waals surface area contributed by atoms with Crippen molar-refractivity contribution in [3.05, 3.63) is 47.2 Å². The highest BCUT2D eigenvalue weighted by Crippen LogP contribution is 2.13. The SMILES string of the molecule is Cc1ccccc1CCNc1nc(NN)ncc1C. The summed E-state index contributed by atoms with van der Waals surface area (Å²) in [5.41, 5.74) is 6.11. The second kappa shape index (κ2) is 6.15. The minimum Gasteiger partial charge on any atom is -0.369 e. The number of aryl methyl sites for hydroxylation is 2. The zero-order valence-corrected chi connectivity index (χ0v) is 11.3. The molecule has 2 rings (SSSR count). The van der Waals surface area contributed by atoms with Crippen molar-refractivity contribution in [2.45, 2.75) is 20.3 Å². The summed E-state index contributed by atoms with van der Waals surface area (Å²) in [5.74, 6) is 6.54. The average molecular weight is 257 g/mol. The van der Waals surface area contributed by atoms with Gasteiger partial charge in [-0.3, -0.25) is 5.43 Å². The van der Waals surface area contributed by atoms with Crippen LogP contribution in [0.3, 0.4) is 0 Å². The minimum absolute atomic E-state index is 0.420. The third kappa shape index (κ3) is 3.42. The quantitative estimate of drug-likeness (QED) is 0.564. The van der Waals surface area contributed by atoms with Gasteiger partial charge in [-0.05, 0) is 31.4 Å². The Morgan fingerprint density at radius 3 is 2.68 bits per heavy atom. The minimum atomic E-state index is 0.420. The third-order valence-corrected chi connectivity index (χ3v) is 3.05. The van der Waals surface area contributed by atoms with Crippen LogP contribution in [0.2, 0.25) is 0 Å². The van der Waals surface area contributed by atoms with Crippen LogP contribution in [0, 0.1) is 13.8 Å². The first kappa shape index (κ1) is 13.3. The molecule has 1 aromatic heterocycles. The zero-order chi connectivity index (χ0) is 13.7. The Balaban J connectivity index is 1.98. The Kier molecular flexibility index (Phi) is 4.30. The number of benzene rings is 1. The molecule has 2 aromatic rings. The average Bonchev–Trinajstić information content (AvgIpc) is 2.43. The lowest BCUT2D eigenvalue weighted by atomic mass is 10.1. The van der Waals surface area contributed by atoms with Crippen molar-refractivity contribution in [2.75, 3.05) is 17.3 Å². The van der Waals surface area contributed by atoms with Gasteiger partial charge in [0.2, 0.25) is 5.95 Å². The molecule has 0 unspecified atom stereocenters. The van der Waals surface area contributed by atoms with Crippen LogP contribution in [0.15, 0.2) is 30.5 Å². The molecule has 0 bridgehead atoms. The topological polar surface area (TPSA) is 75.9 Å². The maximum absolute atomic E-state index is 5.31. The van der Waals surface area contributed by atoms with E-state index in [1.165, 1.54) is 11.1 Å². The number of hydrogen-bond acceptors (Lipinski definition) is 5. The van der Waals surface area contributed by atoms with Crippen LogP contribution in [0.25, 0.3) is 0 Å². The maximum Gasteiger partial charge on any atom is 0.239 e. The summed E-state index contributed by atoms with van der Waals surface area (Å²) >= 11 is 0. The van der Waals surface area contributed by atoms with E-state index < -0.39 is 0 Å². The molecule has 0 aliphatic carbocycles. The van der Waals surface area contributed by atoms with E-state index in [-0.39, 0.29) is 0 Å². The molecule has 0 amide bonds. The molecule has 1 aromatic carbocycles. The fourth-order valence-corrected chi connectivity index (χ4v) is 1.90. The number of anilines is 2. The van der Waals surface area contributed by atoms with E-state index in [9.17, 15) is 0 Å². The van der Waals surface area contributed by atoms with Gasteiger partial charge in [-0.2, -0.15) is 4.98 Å². The number of nitrogens with zero attached hydrogens (tertiary/aromatic N) is 2. The highest BCUT2D eigenvalue weighted by molar-refractivity contribution is 5.46. The summed E-state index contributed by atoms with van der Waals surface area (Å²) in [6.45, 7) is 4.92. The van der Waals surface area contributed by atoms with E-state index in [2.05, 4.69) is 51.9 Å². The number of nitrogen functional groups attached to an aromatic ring is 1. The molecular formula is C14H19N5. The third-order valence-electron chi connectivity index (χ3n) is 3.05. The van der Waals surface area contributed by atoms with Crippen LogP contribution in [-0.2, 0) is 6.42 Å². The van der Waals surface area contributed by atoms with Crippen LogP contribution in [0.5, 0.6) is 0 Å². The Morgan fingerprint density at radius 2 is 1.95 bits per heavy atom. The van der Waals surface area contributed by atoms with Gasteiger partial charge < -0.3 is 5.32 Å². The number of nitrogens with two attached hydrogens (primary N) is 1. The van der Waals surface area contributed by atoms with Gasteiger partial charge in [-0.25, -0.2) is 10.8 Å². The second-order valence-electron chi connectivity index (χ2n) is 4.47. The van der Waals surface area contributed by atoms with Gasteiger partial charge in [0.1, 0.15) is 5.82 Å². The summed E-state index contributed by atoms with van der Waals surface area (Å²) in [7, 11) is 0. The smallest absolute Gasteiger partial charge is 0.239 e. The van der Waals surface area contributed by atoms with Crippen molar-refractivity contribution in [3.8, 4) is 0 Å². The van der Waals surface area contributed by atoms with Gasteiger partial charge in [0, 0.05) is 18.3 Å². The van der Waals surface area contributed by atoms with E-state index in [0.29, 0.717) is 5.95 Å². The van der Waals surface area contributed by atoms with Crippen LogP contribution in [0.1, 0.15) is 16.7 Å². The van der Waals surface area contributed by atoms with Gasteiger partial charge in [0.05, 0.1) is 0 Å². The van der Waals surface area contributed by atoms with Crippen LogP contribution < -0.4 is 16.6 Å². The predicted octanol–water partition coefficient (Wildman–Crippen LogP) is 2.03. The summed E-state index contributed by atoms with van der Waals surface area (Å²) in [4.78, 5) is 8.34. The molecule has 19 heavy (non-hydrogen) atoms. The molecule has 0 aliphatic rings. The normalized spacial score (nSPS) is 10.3. The maximum atomic E-state index is 5.31. The Hall–Kier alpha value is -2.14. The highest BCUT2D eigenvalue weighted by atomic mass is 15.3. The predicted molar refractivity (Wildman–Crippen MR) is 78.0 cm³/mol. The van der Waals surface area contributed by atoms with E-state index >= 15 is 0 Å². The van der Waals surface area contributed by atoms with Gasteiger partial charge >= 0.3 is 0 Å². The lowest BCUT2D eigenvalue weighted by Crippen LogP contribution is -2.14. The van der Waals surface area contributed by atoms with Gasteiger partial charge in [0.15, 0.2) is 0 Å². The number of hydrogen-bond donors (Lipinski definition) is 3. The highest BCUT2D eigenvalue weighted by Gasteiger charge is 2.03. The molecule has 0 atom stereocenters. The fraction of sp³-hybridized carbons (Fsp3) is 0.286. The lowest BCUT2D eigenvalue weighted by Gasteiger charge is -2.10. The van der Waals surface area contributed by atoms with Crippen molar-refractivity contribution >= 4 is 11.8 Å². The first-order valence-corrected chi connectivity index (χ1v) is 6.29. The molecule has 0 radical (unpaired) electrons. The van der Waals surface area contributed by atoms with Crippen LogP contribution in [-0.4, -0.2) is 16.5 Å². The molecule has 4 N–H and O–H groups in total. The second-order valence-corrected chi connectivity index (χ2v) is 4.47. The van der Waals surface area contributed by atoms with Crippen LogP contribution >= 0.6 is 0 Å². The standard InChI is InChI=1S/C14H19N5/c1-10-5-3-4-6-12(10)7-8-16-13-11(2)9-17-14(18-13)19-15/h3-6,9H,7-8,15H2,1-2H3,(H2,16,17,18,19). The van der Waals surface area contributed by atoms with Crippen LogP contribution in [0.4, 0.5) is 11.8 Å². The number of hydrazine groups is 1. The van der Waals surface area contributed by atoms with Crippen molar-refractivity contribution in [2.24, 2.45) is 5.84 Å². The van der Waals surface area contributed by atoms with E-state index in [1.807, 2.05) is 6.92 Å². The molecule has 5 nitrogen and oxygen atoms in total. The summed E-state index contributed by atoms with van der Waals surface area (Å²) in [5, 5.41) is 3.32. The van der Waals surface area contributed by atoms with Gasteiger partial charge in [-0.1, -0.05) is 24.3 Å². The lowest BCUT2D eigenvalue weighted by molar-refractivity contribution is 0.979. The van der Waals surface area contributed by atoms with Crippen molar-refractivity contribution in [1.29, 1.82) is 0 Å². The summed E-state index contributed by atoms with van der Waals surface area (Å²) < 4.78 is 0. The monoisotopic (exact) mass is 257 g/mol. The van der Waals surface area contributed by atoms with E-state index in [4.69, 9.17) is 5.84 Å². The van der Waals surface area contributed by atoms with Gasteiger partial charge in [0.25, 0.3) is 0 Å². The Morgan fingerprint density at radius 1 is 1.16 bits per heavy atom. The molecule has 0 aliphatic heterocycles. The molecule has 1 heterocycles. The first-order valence-electron chi connectivity index (χ1n) is 6.29. The number of rotatable bonds is 5. The molecule has 100 valence electrons. The van der Waals surface area contributed by atoms with E-state index in [0.717, 1.165) is 24.3 Å². The zero-order valence-electron chi connectivity index (χ0n) is 11.3. The summed E-state index contributed by atoms with van der Waals surface area (Å²) in [6, 6.07) is 8.40. The molecule has 0 saturated carbocycles. The Labute approximate surface area is 113 Å². The fourth-order valence-electron chi connectivity index (χ4n) is 1.90. The molecule has 0 saturated heterocycles. The summed E-state index contributed by atoms with van der Waals surface area (Å²) in [6.07, 6.45) is 2.71. The molecule has 0 fully saturated rings. The van der Waals surface area contributed by atoms with Crippen molar-refractivity contribution in [3.63, 3.8) is 0 Å².